The van der Waals surface area contributed by atoms with Crippen molar-refractivity contribution >= 4 is 10.0 Å². The molecule has 0 aromatic carbocycles. The lowest BCUT2D eigenvalue weighted by Crippen LogP contribution is -2.37. The lowest BCUT2D eigenvalue weighted by molar-refractivity contribution is 0.200. The van der Waals surface area contributed by atoms with Crippen molar-refractivity contribution in [3.05, 3.63) is 0 Å². The van der Waals surface area contributed by atoms with E-state index < -0.39 is 10.0 Å². The van der Waals surface area contributed by atoms with Crippen molar-refractivity contribution in [3.63, 3.8) is 0 Å². The summed E-state index contributed by atoms with van der Waals surface area (Å²) >= 11 is 0. The third kappa shape index (κ3) is 0.936. The van der Waals surface area contributed by atoms with E-state index >= 15 is 0 Å². The van der Waals surface area contributed by atoms with Gasteiger partial charge in [-0.15, -0.1) is 0 Å². The average molecular weight is 215 g/mol. The summed E-state index contributed by atoms with van der Waals surface area (Å²) in [5.41, 5.74) is 0.166. The topological polar surface area (TPSA) is 37.4 Å². The van der Waals surface area contributed by atoms with Gasteiger partial charge in [0.15, 0.2) is 0 Å². The molecule has 80 valence electrons. The van der Waals surface area contributed by atoms with E-state index in [1.165, 1.54) is 12.8 Å². The van der Waals surface area contributed by atoms with Gasteiger partial charge in [-0.1, -0.05) is 6.92 Å². The second kappa shape index (κ2) is 2.53. The molecule has 2 aliphatic carbocycles. The minimum Gasteiger partial charge on any atom is -0.212 e. The molecule has 0 aromatic heterocycles. The monoisotopic (exact) mass is 215 g/mol. The van der Waals surface area contributed by atoms with Gasteiger partial charge in [0, 0.05) is 18.0 Å². The molecule has 2 saturated carbocycles. The number of fused-ring (bicyclic) bond motifs is 1. The Bertz CT molecular complexity index is 364. The summed E-state index contributed by atoms with van der Waals surface area (Å²) in [6.07, 6.45) is 4.72. The highest BCUT2D eigenvalue weighted by atomic mass is 32.2. The van der Waals surface area contributed by atoms with Crippen LogP contribution in [-0.4, -0.2) is 31.1 Å². The van der Waals surface area contributed by atoms with E-state index in [1.807, 2.05) is 6.92 Å². The predicted octanol–water partition coefficient (Wildman–Crippen LogP) is 1.21. The summed E-state index contributed by atoms with van der Waals surface area (Å²) < 4.78 is 25.6. The Kier molecular flexibility index (Phi) is 1.65. The van der Waals surface area contributed by atoms with Crippen molar-refractivity contribution in [2.45, 2.75) is 38.6 Å². The maximum absolute atomic E-state index is 11.9. The van der Waals surface area contributed by atoms with Gasteiger partial charge in [-0.3, -0.25) is 0 Å². The minimum atomic E-state index is -2.91. The Labute approximate surface area is 85.5 Å². The van der Waals surface area contributed by atoms with Gasteiger partial charge in [0.25, 0.3) is 0 Å². The molecule has 0 radical (unpaired) electrons. The van der Waals surface area contributed by atoms with Crippen molar-refractivity contribution in [3.8, 4) is 0 Å². The molecule has 3 aliphatic rings. The molecule has 1 heterocycles. The standard InChI is InChI=1S/C10H17NO2S/c1-2-11-9-5-8-3-4-10(9,6-8)7-14(11,12)13/h8-9H,2-7H2,1H3/t8?,9?,10-/m0/s1. The van der Waals surface area contributed by atoms with E-state index in [1.54, 1.807) is 4.31 Å². The summed E-state index contributed by atoms with van der Waals surface area (Å²) in [7, 11) is -2.91. The smallest absolute Gasteiger partial charge is 0.212 e. The molecule has 3 rings (SSSR count). The Hall–Kier alpha value is -0.0900. The summed E-state index contributed by atoms with van der Waals surface area (Å²) in [6, 6.07) is 0.358. The van der Waals surface area contributed by atoms with Crippen LogP contribution >= 0.6 is 0 Å². The molecule has 1 aliphatic heterocycles. The SMILES string of the molecule is CCN1C2CC3CC[C@]2(C3)CS1(=O)=O. The Morgan fingerprint density at radius 3 is 2.93 bits per heavy atom. The van der Waals surface area contributed by atoms with Gasteiger partial charge in [-0.2, -0.15) is 4.31 Å². The molecule has 1 saturated heterocycles. The number of nitrogens with zero attached hydrogens (tertiary/aromatic N) is 1. The summed E-state index contributed by atoms with van der Waals surface area (Å²) in [6.45, 7) is 2.63. The predicted molar refractivity (Wildman–Crippen MR) is 54.3 cm³/mol. The third-order valence-corrected chi connectivity index (χ3v) is 6.66. The first-order valence-electron chi connectivity index (χ1n) is 5.57. The van der Waals surface area contributed by atoms with Crippen LogP contribution in [0.3, 0.4) is 0 Å². The van der Waals surface area contributed by atoms with Gasteiger partial charge in [-0.25, -0.2) is 8.42 Å². The lowest BCUT2D eigenvalue weighted by Gasteiger charge is -2.29. The molecule has 0 N–H and O–H groups in total. The second-order valence-electron chi connectivity index (χ2n) is 5.18. The van der Waals surface area contributed by atoms with Gasteiger partial charge in [0.2, 0.25) is 10.0 Å². The molecule has 14 heavy (non-hydrogen) atoms. The van der Waals surface area contributed by atoms with Crippen molar-refractivity contribution in [1.29, 1.82) is 0 Å². The van der Waals surface area contributed by atoms with E-state index in [4.69, 9.17) is 0 Å². The number of sulfonamides is 1. The number of hydrogen-bond donors (Lipinski definition) is 0. The van der Waals surface area contributed by atoms with Crippen LogP contribution < -0.4 is 0 Å². The van der Waals surface area contributed by atoms with Crippen LogP contribution in [0.15, 0.2) is 0 Å². The van der Waals surface area contributed by atoms with E-state index in [0.29, 0.717) is 18.3 Å². The van der Waals surface area contributed by atoms with Crippen molar-refractivity contribution in [1.82, 2.24) is 4.31 Å². The highest BCUT2D eigenvalue weighted by Gasteiger charge is 2.62. The Morgan fingerprint density at radius 1 is 1.50 bits per heavy atom. The molecule has 0 aromatic rings. The van der Waals surface area contributed by atoms with Gasteiger partial charge >= 0.3 is 0 Å². The van der Waals surface area contributed by atoms with E-state index in [0.717, 1.165) is 18.8 Å². The first kappa shape index (κ1) is 9.16. The fourth-order valence-corrected chi connectivity index (χ4v) is 6.49. The molecule has 3 fully saturated rings. The number of hydrogen-bond acceptors (Lipinski definition) is 2. The quantitative estimate of drug-likeness (QED) is 0.659. The molecule has 2 unspecified atom stereocenters. The van der Waals surface area contributed by atoms with Crippen molar-refractivity contribution < 1.29 is 8.42 Å². The summed E-state index contributed by atoms with van der Waals surface area (Å²) in [5.74, 6) is 1.26. The fourth-order valence-electron chi connectivity index (χ4n) is 4.05. The van der Waals surface area contributed by atoms with Gasteiger partial charge in [0.05, 0.1) is 5.75 Å². The average Bonchev–Trinajstić information content (AvgIpc) is 2.65. The molecular formula is C10H17NO2S. The molecule has 1 spiro atoms. The Balaban J connectivity index is 2.04. The minimum absolute atomic E-state index is 0.166. The van der Waals surface area contributed by atoms with Crippen LogP contribution in [0.1, 0.15) is 32.6 Å². The van der Waals surface area contributed by atoms with Crippen LogP contribution in [0.25, 0.3) is 0 Å². The lowest BCUT2D eigenvalue weighted by atomic mass is 9.82. The van der Waals surface area contributed by atoms with Gasteiger partial charge < -0.3 is 0 Å². The van der Waals surface area contributed by atoms with Crippen molar-refractivity contribution in [2.24, 2.45) is 11.3 Å². The van der Waals surface area contributed by atoms with E-state index in [9.17, 15) is 8.42 Å². The van der Waals surface area contributed by atoms with E-state index in [-0.39, 0.29) is 5.41 Å². The van der Waals surface area contributed by atoms with Crippen molar-refractivity contribution in [2.75, 3.05) is 12.3 Å². The van der Waals surface area contributed by atoms with E-state index in [2.05, 4.69) is 0 Å². The maximum atomic E-state index is 11.9. The highest BCUT2D eigenvalue weighted by molar-refractivity contribution is 7.89. The fraction of sp³-hybridized carbons (Fsp3) is 1.00. The molecular weight excluding hydrogens is 198 g/mol. The van der Waals surface area contributed by atoms with Crippen LogP contribution in [0, 0.1) is 11.3 Å². The van der Waals surface area contributed by atoms with Crippen LogP contribution in [0.5, 0.6) is 0 Å². The van der Waals surface area contributed by atoms with Crippen LogP contribution in [-0.2, 0) is 10.0 Å². The summed E-state index contributed by atoms with van der Waals surface area (Å²) in [5, 5.41) is 0. The van der Waals surface area contributed by atoms with Gasteiger partial charge in [0.1, 0.15) is 0 Å². The zero-order valence-electron chi connectivity index (χ0n) is 8.57. The molecule has 2 bridgehead atoms. The Morgan fingerprint density at radius 2 is 2.29 bits per heavy atom. The number of rotatable bonds is 1. The normalized spacial score (nSPS) is 49.8. The highest BCUT2D eigenvalue weighted by Crippen LogP contribution is 2.60. The van der Waals surface area contributed by atoms with Crippen LogP contribution in [0.2, 0.25) is 0 Å². The molecule has 4 heteroatoms. The van der Waals surface area contributed by atoms with Crippen LogP contribution in [0.4, 0.5) is 0 Å². The van der Waals surface area contributed by atoms with Gasteiger partial charge in [-0.05, 0) is 31.6 Å². The zero-order chi connectivity index (χ0) is 9.97. The first-order valence-corrected chi connectivity index (χ1v) is 7.18. The molecule has 3 nitrogen and oxygen atoms in total. The third-order valence-electron chi connectivity index (χ3n) is 4.50. The zero-order valence-corrected chi connectivity index (χ0v) is 9.39. The largest absolute Gasteiger partial charge is 0.214 e. The summed E-state index contributed by atoms with van der Waals surface area (Å²) in [4.78, 5) is 0. The second-order valence-corrected chi connectivity index (χ2v) is 7.10. The molecule has 3 atom stereocenters. The first-order chi connectivity index (χ1) is 6.57. The maximum Gasteiger partial charge on any atom is 0.214 e. The molecule has 0 amide bonds.